The van der Waals surface area contributed by atoms with Crippen molar-refractivity contribution in [3.63, 3.8) is 0 Å². The molecule has 18 heavy (non-hydrogen) atoms. The highest BCUT2D eigenvalue weighted by molar-refractivity contribution is 5.99. The van der Waals surface area contributed by atoms with E-state index in [1.165, 1.54) is 6.42 Å². The zero-order chi connectivity index (χ0) is 13.1. The summed E-state index contributed by atoms with van der Waals surface area (Å²) in [6, 6.07) is 5.55. The molecule has 0 unspecified atom stereocenters. The second-order valence-corrected chi connectivity index (χ2v) is 4.64. The summed E-state index contributed by atoms with van der Waals surface area (Å²) in [6.07, 6.45) is 3.36. The number of hydrogen-bond acceptors (Lipinski definition) is 4. The van der Waals surface area contributed by atoms with Gasteiger partial charge >= 0.3 is 0 Å². The van der Waals surface area contributed by atoms with Crippen molar-refractivity contribution >= 4 is 17.3 Å². The second-order valence-electron chi connectivity index (χ2n) is 4.64. The topological polar surface area (TPSA) is 92.6 Å². The Labute approximate surface area is 106 Å². The lowest BCUT2D eigenvalue weighted by Crippen LogP contribution is -2.43. The molecule has 1 saturated carbocycles. The normalized spacial score (nSPS) is 15.2. The maximum absolute atomic E-state index is 11.5. The van der Waals surface area contributed by atoms with Crippen LogP contribution in [0, 0.1) is 0 Å². The van der Waals surface area contributed by atoms with E-state index in [9.17, 15) is 4.79 Å². The number of nitrogens with two attached hydrogens (primary N) is 2. The number of primary amides is 1. The Hall–Kier alpha value is -1.75. The van der Waals surface area contributed by atoms with Crippen LogP contribution in [-0.4, -0.2) is 30.2 Å². The number of benzene rings is 1. The Morgan fingerprint density at radius 2 is 2.17 bits per heavy atom. The number of nitrogen functional groups attached to an aromatic ring is 1. The number of carbonyl (C=O) groups is 1. The molecule has 0 aliphatic heterocycles. The van der Waals surface area contributed by atoms with Crippen LogP contribution < -0.4 is 16.4 Å². The molecule has 98 valence electrons. The first-order chi connectivity index (χ1) is 8.63. The molecular formula is C13H19N3O2. The summed E-state index contributed by atoms with van der Waals surface area (Å²) < 4.78 is 0. The molecule has 0 atom stereocenters. The summed E-state index contributed by atoms with van der Waals surface area (Å²) in [6.45, 7) is 0.563. The Kier molecular flexibility index (Phi) is 3.72. The lowest BCUT2D eigenvalue weighted by atomic mass is 9.90. The molecule has 0 heterocycles. The number of carbonyl (C=O) groups excluding carboxylic acids is 1. The Bertz CT molecular complexity index is 444. The number of rotatable bonds is 5. The minimum Gasteiger partial charge on any atom is -0.399 e. The third kappa shape index (κ3) is 2.41. The Morgan fingerprint density at radius 3 is 2.67 bits per heavy atom. The highest BCUT2D eigenvalue weighted by atomic mass is 16.3. The van der Waals surface area contributed by atoms with Crippen LogP contribution >= 0.6 is 0 Å². The van der Waals surface area contributed by atoms with Crippen molar-refractivity contribution in [1.29, 1.82) is 0 Å². The lowest BCUT2D eigenvalue weighted by molar-refractivity contribution is 0.100. The maximum atomic E-state index is 11.5. The summed E-state index contributed by atoms with van der Waals surface area (Å²) >= 11 is 0. The van der Waals surface area contributed by atoms with Gasteiger partial charge in [0.2, 0.25) is 0 Å². The Balaban J connectivity index is 2.36. The van der Waals surface area contributed by atoms with Crippen molar-refractivity contribution in [2.45, 2.75) is 25.3 Å². The summed E-state index contributed by atoms with van der Waals surface area (Å²) in [7, 11) is 0. The first-order valence-corrected chi connectivity index (χ1v) is 6.20. The number of anilines is 2. The molecule has 1 fully saturated rings. The van der Waals surface area contributed by atoms with E-state index in [4.69, 9.17) is 16.6 Å². The van der Waals surface area contributed by atoms with Gasteiger partial charge in [0, 0.05) is 24.0 Å². The largest absolute Gasteiger partial charge is 0.399 e. The summed E-state index contributed by atoms with van der Waals surface area (Å²) in [5.41, 5.74) is 12.8. The van der Waals surface area contributed by atoms with Gasteiger partial charge in [-0.2, -0.15) is 0 Å². The van der Waals surface area contributed by atoms with E-state index < -0.39 is 5.91 Å². The van der Waals surface area contributed by atoms with Gasteiger partial charge in [0.05, 0.1) is 12.2 Å². The van der Waals surface area contributed by atoms with Gasteiger partial charge in [-0.1, -0.05) is 0 Å². The van der Waals surface area contributed by atoms with Gasteiger partial charge in [-0.3, -0.25) is 4.79 Å². The molecule has 0 saturated heterocycles. The maximum Gasteiger partial charge on any atom is 0.250 e. The fourth-order valence-corrected chi connectivity index (χ4v) is 2.31. The molecule has 1 aromatic rings. The van der Waals surface area contributed by atoms with Crippen molar-refractivity contribution in [3.8, 4) is 0 Å². The fourth-order valence-electron chi connectivity index (χ4n) is 2.31. The van der Waals surface area contributed by atoms with Crippen LogP contribution in [0.4, 0.5) is 11.4 Å². The zero-order valence-corrected chi connectivity index (χ0v) is 10.3. The van der Waals surface area contributed by atoms with Crippen LogP contribution in [0.5, 0.6) is 0 Å². The quantitative estimate of drug-likeness (QED) is 0.670. The van der Waals surface area contributed by atoms with Crippen LogP contribution in [0.1, 0.15) is 29.6 Å². The third-order valence-electron chi connectivity index (χ3n) is 3.45. The molecule has 1 aliphatic rings. The predicted octanol–water partition coefficient (Wildman–Crippen LogP) is 0.719. The minimum absolute atomic E-state index is 0.0546. The molecular weight excluding hydrogens is 230 g/mol. The van der Waals surface area contributed by atoms with Crippen molar-refractivity contribution in [1.82, 2.24) is 0 Å². The average molecular weight is 249 g/mol. The molecule has 0 radical (unpaired) electrons. The molecule has 5 nitrogen and oxygen atoms in total. The van der Waals surface area contributed by atoms with Crippen LogP contribution in [0.15, 0.2) is 18.2 Å². The molecule has 2 rings (SSSR count). The van der Waals surface area contributed by atoms with Gasteiger partial charge in [0.1, 0.15) is 0 Å². The van der Waals surface area contributed by atoms with Gasteiger partial charge in [-0.15, -0.1) is 0 Å². The van der Waals surface area contributed by atoms with E-state index in [2.05, 4.69) is 4.90 Å². The van der Waals surface area contributed by atoms with E-state index in [-0.39, 0.29) is 6.61 Å². The molecule has 0 spiro atoms. The van der Waals surface area contributed by atoms with Crippen LogP contribution in [0.2, 0.25) is 0 Å². The standard InChI is InChI=1S/C13H19N3O2/c14-9-4-5-12(11(8-9)13(15)18)16(6-7-17)10-2-1-3-10/h4-5,8,10,17H,1-3,6-7,14H2,(H2,15,18). The van der Waals surface area contributed by atoms with Gasteiger partial charge in [0.25, 0.3) is 5.91 Å². The van der Waals surface area contributed by atoms with Crippen molar-refractivity contribution in [3.05, 3.63) is 23.8 Å². The third-order valence-corrected chi connectivity index (χ3v) is 3.45. The monoisotopic (exact) mass is 249 g/mol. The van der Waals surface area contributed by atoms with E-state index in [0.29, 0.717) is 23.8 Å². The van der Waals surface area contributed by atoms with Crippen LogP contribution in [0.3, 0.4) is 0 Å². The summed E-state index contributed by atoms with van der Waals surface area (Å²) in [4.78, 5) is 13.5. The number of nitrogens with zero attached hydrogens (tertiary/aromatic N) is 1. The van der Waals surface area contributed by atoms with Gasteiger partial charge < -0.3 is 21.5 Å². The second kappa shape index (κ2) is 5.27. The molecule has 5 N–H and O–H groups in total. The highest BCUT2D eigenvalue weighted by Gasteiger charge is 2.27. The minimum atomic E-state index is -0.487. The number of hydrogen-bond donors (Lipinski definition) is 3. The average Bonchev–Trinajstić information content (AvgIpc) is 2.26. The van der Waals surface area contributed by atoms with Crippen molar-refractivity contribution in [2.75, 3.05) is 23.8 Å². The Morgan fingerprint density at radius 1 is 1.44 bits per heavy atom. The summed E-state index contributed by atoms with van der Waals surface area (Å²) in [5, 5.41) is 9.17. The smallest absolute Gasteiger partial charge is 0.250 e. The van der Waals surface area contributed by atoms with Gasteiger partial charge in [0.15, 0.2) is 0 Å². The molecule has 0 bridgehead atoms. The molecule has 1 amide bonds. The van der Waals surface area contributed by atoms with Gasteiger partial charge in [-0.05, 0) is 37.5 Å². The number of aliphatic hydroxyl groups excluding tert-OH is 1. The SMILES string of the molecule is NC(=O)c1cc(N)ccc1N(CCO)C1CCC1. The zero-order valence-electron chi connectivity index (χ0n) is 10.3. The molecule has 0 aromatic heterocycles. The number of amides is 1. The van der Waals surface area contributed by atoms with E-state index in [1.54, 1.807) is 12.1 Å². The van der Waals surface area contributed by atoms with E-state index in [0.717, 1.165) is 18.5 Å². The number of aliphatic hydroxyl groups is 1. The summed E-state index contributed by atoms with van der Waals surface area (Å²) in [5.74, 6) is -0.487. The van der Waals surface area contributed by atoms with E-state index in [1.807, 2.05) is 6.07 Å². The first kappa shape index (κ1) is 12.7. The van der Waals surface area contributed by atoms with Crippen molar-refractivity contribution in [2.24, 2.45) is 5.73 Å². The van der Waals surface area contributed by atoms with Crippen molar-refractivity contribution < 1.29 is 9.90 Å². The first-order valence-electron chi connectivity index (χ1n) is 6.20. The highest BCUT2D eigenvalue weighted by Crippen LogP contribution is 2.32. The van der Waals surface area contributed by atoms with Gasteiger partial charge in [-0.25, -0.2) is 0 Å². The predicted molar refractivity (Wildman–Crippen MR) is 71.4 cm³/mol. The van der Waals surface area contributed by atoms with Crippen LogP contribution in [0.25, 0.3) is 0 Å². The lowest BCUT2D eigenvalue weighted by Gasteiger charge is -2.39. The molecule has 1 aliphatic carbocycles. The molecule has 5 heteroatoms. The fraction of sp³-hybridized carbons (Fsp3) is 0.462. The van der Waals surface area contributed by atoms with E-state index >= 15 is 0 Å². The molecule has 1 aromatic carbocycles. The van der Waals surface area contributed by atoms with Crippen LogP contribution in [-0.2, 0) is 0 Å².